The third-order valence-corrected chi connectivity index (χ3v) is 2.98. The van der Waals surface area contributed by atoms with Crippen molar-refractivity contribution in [2.45, 2.75) is 32.4 Å². The molecule has 0 heterocycles. The fourth-order valence-corrected chi connectivity index (χ4v) is 1.70. The number of nitrogens with one attached hydrogen (secondary N) is 2. The van der Waals surface area contributed by atoms with Crippen molar-refractivity contribution in [1.29, 1.82) is 0 Å². The molecule has 0 spiro atoms. The largest absolute Gasteiger partial charge is 0.480 e. The van der Waals surface area contributed by atoms with Gasteiger partial charge in [0.15, 0.2) is 0 Å². The molecule has 104 valence electrons. The number of rotatable bonds is 5. The lowest BCUT2D eigenvalue weighted by atomic mass is 10.1. The molecule has 2 unspecified atom stereocenters. The van der Waals surface area contributed by atoms with Crippen molar-refractivity contribution >= 4 is 23.6 Å². The normalized spacial score (nSPS) is 13.4. The van der Waals surface area contributed by atoms with Crippen molar-refractivity contribution in [3.05, 3.63) is 34.9 Å². The second-order valence-corrected chi connectivity index (χ2v) is 4.63. The molecule has 0 saturated heterocycles. The molecular formula is C13H17ClN2O3. The van der Waals surface area contributed by atoms with Crippen LogP contribution in [0.15, 0.2) is 24.3 Å². The molecule has 0 radical (unpaired) electrons. The number of urea groups is 1. The van der Waals surface area contributed by atoms with E-state index in [1.807, 2.05) is 19.1 Å². The van der Waals surface area contributed by atoms with Crippen LogP contribution in [0.3, 0.4) is 0 Å². The lowest BCUT2D eigenvalue weighted by Gasteiger charge is -2.17. The molecule has 0 aromatic heterocycles. The molecule has 6 heteroatoms. The number of carbonyl (C=O) groups is 2. The van der Waals surface area contributed by atoms with E-state index in [0.717, 1.165) is 5.56 Å². The molecule has 0 aliphatic rings. The first-order chi connectivity index (χ1) is 8.93. The number of halogens is 1. The highest BCUT2D eigenvalue weighted by Crippen LogP contribution is 2.15. The standard InChI is InChI=1S/C13H17ClN2O3/c1-3-11(12(17)18)16-13(19)15-8(2)9-4-6-10(14)7-5-9/h4-8,11H,3H2,1-2H3,(H,17,18)(H2,15,16,19). The summed E-state index contributed by atoms with van der Waals surface area (Å²) in [6.45, 7) is 3.51. The van der Waals surface area contributed by atoms with E-state index >= 15 is 0 Å². The van der Waals surface area contributed by atoms with Crippen molar-refractivity contribution in [1.82, 2.24) is 10.6 Å². The highest BCUT2D eigenvalue weighted by Gasteiger charge is 2.18. The lowest BCUT2D eigenvalue weighted by Crippen LogP contribution is -2.46. The molecule has 2 atom stereocenters. The lowest BCUT2D eigenvalue weighted by molar-refractivity contribution is -0.139. The third-order valence-electron chi connectivity index (χ3n) is 2.73. The Bertz CT molecular complexity index is 448. The fourth-order valence-electron chi connectivity index (χ4n) is 1.57. The van der Waals surface area contributed by atoms with Crippen LogP contribution in [0.4, 0.5) is 4.79 Å². The Morgan fingerprint density at radius 1 is 1.26 bits per heavy atom. The first-order valence-corrected chi connectivity index (χ1v) is 6.37. The number of hydrogen-bond donors (Lipinski definition) is 3. The van der Waals surface area contributed by atoms with Gasteiger partial charge in [-0.05, 0) is 31.0 Å². The van der Waals surface area contributed by atoms with E-state index in [0.29, 0.717) is 11.4 Å². The average Bonchev–Trinajstić information content (AvgIpc) is 2.36. The molecule has 1 aromatic carbocycles. The highest BCUT2D eigenvalue weighted by atomic mass is 35.5. The van der Waals surface area contributed by atoms with Crippen LogP contribution in [-0.2, 0) is 4.79 Å². The van der Waals surface area contributed by atoms with E-state index in [-0.39, 0.29) is 6.04 Å². The van der Waals surface area contributed by atoms with E-state index in [2.05, 4.69) is 10.6 Å². The topological polar surface area (TPSA) is 78.4 Å². The molecule has 1 aromatic rings. The van der Waals surface area contributed by atoms with Gasteiger partial charge in [-0.15, -0.1) is 0 Å². The van der Waals surface area contributed by atoms with E-state index in [1.165, 1.54) is 0 Å². The van der Waals surface area contributed by atoms with Gasteiger partial charge < -0.3 is 15.7 Å². The van der Waals surface area contributed by atoms with Crippen LogP contribution in [0, 0.1) is 0 Å². The van der Waals surface area contributed by atoms with Gasteiger partial charge >= 0.3 is 12.0 Å². The second kappa shape index (κ2) is 6.99. The van der Waals surface area contributed by atoms with Gasteiger partial charge in [0.2, 0.25) is 0 Å². The predicted molar refractivity (Wildman–Crippen MR) is 73.2 cm³/mol. The summed E-state index contributed by atoms with van der Waals surface area (Å²) in [4.78, 5) is 22.5. The number of hydrogen-bond acceptors (Lipinski definition) is 2. The van der Waals surface area contributed by atoms with Crippen molar-refractivity contribution in [3.8, 4) is 0 Å². The Hall–Kier alpha value is -1.75. The quantitative estimate of drug-likeness (QED) is 0.777. The molecule has 0 fully saturated rings. The Kier molecular flexibility index (Phi) is 5.63. The van der Waals surface area contributed by atoms with Gasteiger partial charge in [-0.25, -0.2) is 9.59 Å². The molecule has 0 aliphatic carbocycles. The Labute approximate surface area is 117 Å². The maximum atomic E-state index is 11.7. The minimum absolute atomic E-state index is 0.233. The SMILES string of the molecule is CCC(NC(=O)NC(C)c1ccc(Cl)cc1)C(=O)O. The van der Waals surface area contributed by atoms with Gasteiger partial charge in [-0.3, -0.25) is 0 Å². The first kappa shape index (κ1) is 15.3. The predicted octanol–water partition coefficient (Wildman–Crippen LogP) is 2.56. The highest BCUT2D eigenvalue weighted by molar-refractivity contribution is 6.30. The first-order valence-electron chi connectivity index (χ1n) is 5.99. The summed E-state index contributed by atoms with van der Waals surface area (Å²) in [5.41, 5.74) is 0.892. The van der Waals surface area contributed by atoms with Gasteiger partial charge in [0.1, 0.15) is 6.04 Å². The molecule has 0 aliphatic heterocycles. The van der Waals surface area contributed by atoms with E-state index in [9.17, 15) is 9.59 Å². The Morgan fingerprint density at radius 2 is 1.84 bits per heavy atom. The van der Waals surface area contributed by atoms with Crippen LogP contribution in [0.5, 0.6) is 0 Å². The van der Waals surface area contributed by atoms with Gasteiger partial charge in [0, 0.05) is 5.02 Å². The van der Waals surface area contributed by atoms with Crippen LogP contribution < -0.4 is 10.6 Å². The van der Waals surface area contributed by atoms with Crippen LogP contribution in [0.25, 0.3) is 0 Å². The maximum absolute atomic E-state index is 11.7. The minimum atomic E-state index is -1.04. The monoisotopic (exact) mass is 284 g/mol. The van der Waals surface area contributed by atoms with Crippen LogP contribution in [0.2, 0.25) is 5.02 Å². The van der Waals surface area contributed by atoms with Crippen LogP contribution in [-0.4, -0.2) is 23.1 Å². The molecule has 2 amide bonds. The summed E-state index contributed by atoms with van der Waals surface area (Å²) >= 11 is 5.78. The summed E-state index contributed by atoms with van der Waals surface area (Å²) in [7, 11) is 0. The molecule has 5 nitrogen and oxygen atoms in total. The number of carboxylic acids is 1. The third kappa shape index (κ3) is 4.79. The zero-order valence-electron chi connectivity index (χ0n) is 10.8. The Morgan fingerprint density at radius 3 is 2.32 bits per heavy atom. The summed E-state index contributed by atoms with van der Waals surface area (Å²) in [5.74, 6) is -1.04. The molecule has 19 heavy (non-hydrogen) atoms. The van der Waals surface area contributed by atoms with Crippen LogP contribution >= 0.6 is 11.6 Å². The molecule has 0 bridgehead atoms. The summed E-state index contributed by atoms with van der Waals surface area (Å²) in [6.07, 6.45) is 0.331. The smallest absolute Gasteiger partial charge is 0.326 e. The Balaban J connectivity index is 2.56. The van der Waals surface area contributed by atoms with Crippen molar-refractivity contribution in [2.75, 3.05) is 0 Å². The van der Waals surface area contributed by atoms with Crippen molar-refractivity contribution in [3.63, 3.8) is 0 Å². The number of benzene rings is 1. The minimum Gasteiger partial charge on any atom is -0.480 e. The second-order valence-electron chi connectivity index (χ2n) is 4.19. The van der Waals surface area contributed by atoms with E-state index in [4.69, 9.17) is 16.7 Å². The molecule has 1 rings (SSSR count). The molecule has 3 N–H and O–H groups in total. The zero-order chi connectivity index (χ0) is 14.4. The van der Waals surface area contributed by atoms with Gasteiger partial charge in [0.25, 0.3) is 0 Å². The van der Waals surface area contributed by atoms with Gasteiger partial charge in [-0.1, -0.05) is 30.7 Å². The maximum Gasteiger partial charge on any atom is 0.326 e. The summed E-state index contributed by atoms with van der Waals surface area (Å²) in [6, 6.07) is 5.47. The molecular weight excluding hydrogens is 268 g/mol. The fraction of sp³-hybridized carbons (Fsp3) is 0.385. The van der Waals surface area contributed by atoms with E-state index in [1.54, 1.807) is 19.1 Å². The van der Waals surface area contributed by atoms with Gasteiger partial charge in [0.05, 0.1) is 6.04 Å². The zero-order valence-corrected chi connectivity index (χ0v) is 11.6. The number of aliphatic carboxylic acids is 1. The van der Waals surface area contributed by atoms with Crippen molar-refractivity contribution < 1.29 is 14.7 Å². The van der Waals surface area contributed by atoms with Crippen LogP contribution in [0.1, 0.15) is 31.9 Å². The molecule has 0 saturated carbocycles. The number of carboxylic acid groups (broad SMARTS) is 1. The average molecular weight is 285 g/mol. The number of carbonyl (C=O) groups excluding carboxylic acids is 1. The van der Waals surface area contributed by atoms with E-state index < -0.39 is 18.0 Å². The van der Waals surface area contributed by atoms with Gasteiger partial charge in [-0.2, -0.15) is 0 Å². The summed E-state index contributed by atoms with van der Waals surface area (Å²) < 4.78 is 0. The number of amides is 2. The van der Waals surface area contributed by atoms with Crippen molar-refractivity contribution in [2.24, 2.45) is 0 Å². The summed E-state index contributed by atoms with van der Waals surface area (Å²) in [5, 5.41) is 14.6.